The molecule has 0 rings (SSSR count). The normalized spacial score (nSPS) is 12.5. The van der Waals surface area contributed by atoms with E-state index in [1.165, 1.54) is 0 Å². The number of rotatable bonds is 4. The van der Waals surface area contributed by atoms with Gasteiger partial charge in [0, 0.05) is 17.8 Å². The summed E-state index contributed by atoms with van der Waals surface area (Å²) in [5, 5.41) is 3.29. The number of hydrogen-bond acceptors (Lipinski definition) is 2. The Labute approximate surface area is 82.3 Å². The van der Waals surface area contributed by atoms with E-state index in [-0.39, 0.29) is 5.54 Å². The van der Waals surface area contributed by atoms with Crippen LogP contribution in [0, 0.1) is 0 Å². The van der Waals surface area contributed by atoms with Gasteiger partial charge in [0.2, 0.25) is 0 Å². The van der Waals surface area contributed by atoms with E-state index in [2.05, 4.69) is 43.6 Å². The Bertz CT molecular complexity index is 185. The molecular formula is C11H22N2. The van der Waals surface area contributed by atoms with Gasteiger partial charge in [0.25, 0.3) is 0 Å². The minimum absolute atomic E-state index is 0.0968. The quantitative estimate of drug-likeness (QED) is 0.669. The van der Waals surface area contributed by atoms with Gasteiger partial charge < -0.3 is 10.2 Å². The third kappa shape index (κ3) is 9.15. The first-order chi connectivity index (χ1) is 5.81. The Morgan fingerprint density at radius 3 is 2.31 bits per heavy atom. The van der Waals surface area contributed by atoms with Crippen molar-refractivity contribution in [3.8, 4) is 0 Å². The van der Waals surface area contributed by atoms with Gasteiger partial charge in [-0.05, 0) is 40.9 Å². The van der Waals surface area contributed by atoms with Gasteiger partial charge >= 0.3 is 0 Å². The molecule has 0 aromatic rings. The Hall–Kier alpha value is -0.760. The van der Waals surface area contributed by atoms with Gasteiger partial charge in [0.05, 0.1) is 0 Å². The van der Waals surface area contributed by atoms with Crippen LogP contribution < -0.4 is 5.32 Å². The third-order valence-corrected chi connectivity index (χ3v) is 1.33. The van der Waals surface area contributed by atoms with Gasteiger partial charge in [-0.25, -0.2) is 0 Å². The highest BCUT2D eigenvalue weighted by Gasteiger charge is 2.07. The highest BCUT2D eigenvalue weighted by atomic mass is 15.0. The molecule has 0 bridgehead atoms. The van der Waals surface area contributed by atoms with Crippen molar-refractivity contribution in [2.45, 2.75) is 26.3 Å². The fourth-order valence-electron chi connectivity index (χ4n) is 0.929. The minimum Gasteiger partial charge on any atom is -0.381 e. The highest BCUT2D eigenvalue weighted by molar-refractivity contribution is 5.14. The van der Waals surface area contributed by atoms with E-state index in [9.17, 15) is 0 Å². The molecule has 2 nitrogen and oxygen atoms in total. The molecule has 0 spiro atoms. The lowest BCUT2D eigenvalue weighted by molar-refractivity contribution is 0.455. The maximum Gasteiger partial charge on any atom is 0.0289 e. The molecule has 0 amide bonds. The van der Waals surface area contributed by atoms with Crippen LogP contribution >= 0.6 is 0 Å². The maximum atomic E-state index is 3.92. The lowest BCUT2D eigenvalue weighted by atomic mass is 10.1. The Kier molecular flexibility index (Phi) is 4.78. The summed E-state index contributed by atoms with van der Waals surface area (Å²) < 4.78 is 0. The van der Waals surface area contributed by atoms with Crippen molar-refractivity contribution in [2.24, 2.45) is 0 Å². The van der Waals surface area contributed by atoms with Crippen LogP contribution in [0.3, 0.4) is 0 Å². The summed E-state index contributed by atoms with van der Waals surface area (Å²) in [5.74, 6) is 0. The molecule has 0 aliphatic rings. The molecular weight excluding hydrogens is 160 g/mol. The van der Waals surface area contributed by atoms with Gasteiger partial charge in [-0.3, -0.25) is 0 Å². The monoisotopic (exact) mass is 182 g/mol. The molecule has 0 aliphatic heterocycles. The van der Waals surface area contributed by atoms with Gasteiger partial charge in [0.15, 0.2) is 0 Å². The SMILES string of the molecule is C=C(/C=C/CN(C)C)NC(C)(C)C. The van der Waals surface area contributed by atoms with Crippen LogP contribution in [0.4, 0.5) is 0 Å². The fourth-order valence-corrected chi connectivity index (χ4v) is 0.929. The van der Waals surface area contributed by atoms with Gasteiger partial charge in [-0.15, -0.1) is 0 Å². The zero-order valence-corrected chi connectivity index (χ0v) is 9.52. The molecule has 0 fully saturated rings. The van der Waals surface area contributed by atoms with Gasteiger partial charge in [0.1, 0.15) is 0 Å². The molecule has 0 aromatic heterocycles. The summed E-state index contributed by atoms with van der Waals surface area (Å²) in [6, 6.07) is 0. The predicted molar refractivity (Wildman–Crippen MR) is 59.7 cm³/mol. The average molecular weight is 182 g/mol. The first kappa shape index (κ1) is 12.2. The highest BCUT2D eigenvalue weighted by Crippen LogP contribution is 2.02. The van der Waals surface area contributed by atoms with Crippen LogP contribution in [0.25, 0.3) is 0 Å². The molecule has 1 N–H and O–H groups in total. The van der Waals surface area contributed by atoms with Gasteiger partial charge in [-0.1, -0.05) is 12.7 Å². The zero-order valence-electron chi connectivity index (χ0n) is 9.52. The number of hydrogen-bond donors (Lipinski definition) is 1. The zero-order chi connectivity index (χ0) is 10.5. The molecule has 0 radical (unpaired) electrons. The first-order valence-corrected chi connectivity index (χ1v) is 4.59. The third-order valence-electron chi connectivity index (χ3n) is 1.33. The summed E-state index contributed by atoms with van der Waals surface area (Å²) >= 11 is 0. The molecule has 0 atom stereocenters. The molecule has 0 unspecified atom stereocenters. The minimum atomic E-state index is 0.0968. The van der Waals surface area contributed by atoms with E-state index in [1.807, 2.05) is 20.2 Å². The largest absolute Gasteiger partial charge is 0.381 e. The number of nitrogens with one attached hydrogen (secondary N) is 1. The summed E-state index contributed by atoms with van der Waals surface area (Å²) in [5.41, 5.74) is 1.06. The van der Waals surface area contributed by atoms with E-state index in [1.54, 1.807) is 0 Å². The molecule has 13 heavy (non-hydrogen) atoms. The van der Waals surface area contributed by atoms with Crippen molar-refractivity contribution in [3.05, 3.63) is 24.4 Å². The first-order valence-electron chi connectivity index (χ1n) is 4.59. The molecule has 0 aromatic carbocycles. The Balaban J connectivity index is 3.81. The second-order valence-corrected chi connectivity index (χ2v) is 4.56. The van der Waals surface area contributed by atoms with Crippen molar-refractivity contribution in [1.82, 2.24) is 10.2 Å². The van der Waals surface area contributed by atoms with Crippen molar-refractivity contribution in [3.63, 3.8) is 0 Å². The van der Waals surface area contributed by atoms with Crippen LogP contribution in [-0.2, 0) is 0 Å². The smallest absolute Gasteiger partial charge is 0.0289 e. The van der Waals surface area contributed by atoms with Crippen LogP contribution in [0.15, 0.2) is 24.4 Å². The Morgan fingerprint density at radius 1 is 1.38 bits per heavy atom. The molecule has 0 saturated heterocycles. The fraction of sp³-hybridized carbons (Fsp3) is 0.636. The van der Waals surface area contributed by atoms with Crippen molar-refractivity contribution >= 4 is 0 Å². The standard InChI is InChI=1S/C11H22N2/c1-10(12-11(2,3)4)8-7-9-13(5)6/h7-8,12H,1,9H2,2-6H3/b8-7+. The van der Waals surface area contributed by atoms with E-state index in [4.69, 9.17) is 0 Å². The molecule has 0 heterocycles. The van der Waals surface area contributed by atoms with E-state index in [0.717, 1.165) is 12.2 Å². The summed E-state index contributed by atoms with van der Waals surface area (Å²) in [4.78, 5) is 2.11. The lowest BCUT2D eigenvalue weighted by Crippen LogP contribution is -2.34. The maximum absolute atomic E-state index is 3.92. The lowest BCUT2D eigenvalue weighted by Gasteiger charge is -2.22. The molecule has 0 saturated carbocycles. The summed E-state index contributed by atoms with van der Waals surface area (Å²) in [6.45, 7) is 11.2. The van der Waals surface area contributed by atoms with Crippen molar-refractivity contribution in [1.29, 1.82) is 0 Å². The van der Waals surface area contributed by atoms with E-state index in [0.29, 0.717) is 0 Å². The van der Waals surface area contributed by atoms with Crippen molar-refractivity contribution in [2.75, 3.05) is 20.6 Å². The molecule has 0 aliphatic carbocycles. The summed E-state index contributed by atoms with van der Waals surface area (Å²) in [6.07, 6.45) is 4.12. The molecule has 2 heteroatoms. The van der Waals surface area contributed by atoms with Crippen LogP contribution in [0.1, 0.15) is 20.8 Å². The van der Waals surface area contributed by atoms with Crippen LogP contribution in [0.5, 0.6) is 0 Å². The second kappa shape index (κ2) is 5.07. The summed E-state index contributed by atoms with van der Waals surface area (Å²) in [7, 11) is 4.09. The van der Waals surface area contributed by atoms with E-state index < -0.39 is 0 Å². The molecule has 76 valence electrons. The van der Waals surface area contributed by atoms with Crippen LogP contribution in [-0.4, -0.2) is 31.1 Å². The van der Waals surface area contributed by atoms with E-state index >= 15 is 0 Å². The number of likely N-dealkylation sites (N-methyl/N-ethyl adjacent to an activating group) is 1. The Morgan fingerprint density at radius 2 is 1.92 bits per heavy atom. The van der Waals surface area contributed by atoms with Crippen LogP contribution in [0.2, 0.25) is 0 Å². The van der Waals surface area contributed by atoms with Gasteiger partial charge in [-0.2, -0.15) is 0 Å². The topological polar surface area (TPSA) is 15.3 Å². The average Bonchev–Trinajstić information content (AvgIpc) is 1.81. The predicted octanol–water partition coefficient (Wildman–Crippen LogP) is 2.01. The second-order valence-electron chi connectivity index (χ2n) is 4.56. The van der Waals surface area contributed by atoms with Crippen molar-refractivity contribution < 1.29 is 0 Å². The number of allylic oxidation sites excluding steroid dienone is 1. The number of nitrogens with zero attached hydrogens (tertiary/aromatic N) is 1.